The fraction of sp³-hybridized carbons (Fsp3) is 0.200. The lowest BCUT2D eigenvalue weighted by Crippen LogP contribution is -2.18. The Morgan fingerprint density at radius 1 is 1.20 bits per heavy atom. The van der Waals surface area contributed by atoms with Crippen molar-refractivity contribution in [1.82, 2.24) is 0 Å². The third-order valence-corrected chi connectivity index (χ3v) is 3.49. The highest BCUT2D eigenvalue weighted by Gasteiger charge is 2.14. The van der Waals surface area contributed by atoms with E-state index in [2.05, 4.69) is 21.2 Å². The molecule has 0 amide bonds. The van der Waals surface area contributed by atoms with Gasteiger partial charge in [-0.25, -0.2) is 0 Å². The Morgan fingerprint density at radius 3 is 2.50 bits per heavy atom. The lowest BCUT2D eigenvalue weighted by molar-refractivity contribution is -0.384. The first-order valence-corrected chi connectivity index (χ1v) is 7.10. The summed E-state index contributed by atoms with van der Waals surface area (Å²) in [4.78, 5) is 10.6. The first kappa shape index (κ1) is 14.5. The van der Waals surface area contributed by atoms with Gasteiger partial charge < -0.3 is 5.32 Å². The molecule has 104 valence electrons. The van der Waals surface area contributed by atoms with Crippen molar-refractivity contribution in [3.63, 3.8) is 0 Å². The number of hydrogen-bond donors (Lipinski definition) is 1. The largest absolute Gasteiger partial charge is 0.377 e. The molecule has 0 heterocycles. The average Bonchev–Trinajstić information content (AvgIpc) is 2.41. The minimum Gasteiger partial charge on any atom is -0.377 e. The molecule has 0 saturated heterocycles. The number of nitrogens with zero attached hydrogens (tertiary/aromatic N) is 1. The van der Waals surface area contributed by atoms with Gasteiger partial charge in [-0.3, -0.25) is 10.1 Å². The molecular formula is C15H15BrN2O2. The van der Waals surface area contributed by atoms with E-state index >= 15 is 0 Å². The van der Waals surface area contributed by atoms with Crippen LogP contribution in [0.1, 0.15) is 12.5 Å². The minimum atomic E-state index is -0.366. The van der Waals surface area contributed by atoms with Crippen molar-refractivity contribution in [3.05, 3.63) is 68.7 Å². The fourth-order valence-corrected chi connectivity index (χ4v) is 2.31. The van der Waals surface area contributed by atoms with Crippen molar-refractivity contribution in [1.29, 1.82) is 0 Å². The van der Waals surface area contributed by atoms with Gasteiger partial charge >= 0.3 is 0 Å². The summed E-state index contributed by atoms with van der Waals surface area (Å²) >= 11 is 3.40. The molecule has 0 aliphatic heterocycles. The molecule has 0 aromatic heterocycles. The predicted molar refractivity (Wildman–Crippen MR) is 84.0 cm³/mol. The molecule has 1 unspecified atom stereocenters. The van der Waals surface area contributed by atoms with E-state index in [1.807, 2.05) is 31.2 Å². The number of nitrogens with one attached hydrogen (secondary N) is 1. The monoisotopic (exact) mass is 334 g/mol. The van der Waals surface area contributed by atoms with Crippen LogP contribution in [0, 0.1) is 10.1 Å². The van der Waals surface area contributed by atoms with Gasteiger partial charge in [-0.05, 0) is 37.1 Å². The van der Waals surface area contributed by atoms with Crippen molar-refractivity contribution in [3.8, 4) is 0 Å². The van der Waals surface area contributed by atoms with Crippen LogP contribution in [-0.2, 0) is 6.42 Å². The lowest BCUT2D eigenvalue weighted by atomic mass is 10.1. The van der Waals surface area contributed by atoms with E-state index in [1.165, 1.54) is 11.6 Å². The number of halogens is 1. The summed E-state index contributed by atoms with van der Waals surface area (Å²) in [5.74, 6) is 0. The second-order valence-electron chi connectivity index (χ2n) is 4.65. The van der Waals surface area contributed by atoms with Crippen LogP contribution >= 0.6 is 15.9 Å². The molecule has 2 rings (SSSR count). The Labute approximate surface area is 126 Å². The summed E-state index contributed by atoms with van der Waals surface area (Å²) in [5.41, 5.74) is 1.85. The molecule has 2 aromatic rings. The summed E-state index contributed by atoms with van der Waals surface area (Å²) in [6, 6.07) is 14.9. The summed E-state index contributed by atoms with van der Waals surface area (Å²) in [5, 5.41) is 14.2. The summed E-state index contributed by atoms with van der Waals surface area (Å²) in [6.45, 7) is 2.01. The molecule has 0 radical (unpaired) electrons. The molecule has 1 atom stereocenters. The highest BCUT2D eigenvalue weighted by Crippen LogP contribution is 2.24. The first-order chi connectivity index (χ1) is 9.56. The van der Waals surface area contributed by atoms with Gasteiger partial charge in [0.15, 0.2) is 0 Å². The average molecular weight is 335 g/mol. The normalized spacial score (nSPS) is 11.9. The third kappa shape index (κ3) is 3.81. The van der Waals surface area contributed by atoms with Crippen molar-refractivity contribution in [2.45, 2.75) is 19.4 Å². The second kappa shape index (κ2) is 6.52. The SMILES string of the molecule is CC(Cc1ccc(Br)cc1)Nc1ccccc1[N+](=O)[O-]. The number of anilines is 1. The molecule has 5 heteroatoms. The van der Waals surface area contributed by atoms with E-state index < -0.39 is 0 Å². The molecule has 0 fully saturated rings. The van der Waals surface area contributed by atoms with Crippen molar-refractivity contribution in [2.75, 3.05) is 5.32 Å². The summed E-state index contributed by atoms with van der Waals surface area (Å²) < 4.78 is 1.04. The molecule has 0 saturated carbocycles. The van der Waals surface area contributed by atoms with Crippen LogP contribution in [0.3, 0.4) is 0 Å². The number of nitro benzene ring substituents is 1. The maximum Gasteiger partial charge on any atom is 0.292 e. The van der Waals surface area contributed by atoms with Gasteiger partial charge in [0.25, 0.3) is 5.69 Å². The fourth-order valence-electron chi connectivity index (χ4n) is 2.05. The molecule has 0 bridgehead atoms. The van der Waals surface area contributed by atoms with Gasteiger partial charge in [0.1, 0.15) is 5.69 Å². The molecular weight excluding hydrogens is 320 g/mol. The predicted octanol–water partition coefficient (Wildman–Crippen LogP) is 4.40. The highest BCUT2D eigenvalue weighted by atomic mass is 79.9. The molecule has 1 N–H and O–H groups in total. The van der Waals surface area contributed by atoms with E-state index in [1.54, 1.807) is 18.2 Å². The standard InChI is InChI=1S/C15H15BrN2O2/c1-11(10-12-6-8-13(16)9-7-12)17-14-4-2-3-5-15(14)18(19)20/h2-9,11,17H,10H2,1H3. The van der Waals surface area contributed by atoms with Crippen LogP contribution in [0.4, 0.5) is 11.4 Å². The Hall–Kier alpha value is -1.88. The molecule has 0 spiro atoms. The van der Waals surface area contributed by atoms with E-state index in [9.17, 15) is 10.1 Å². The Bertz CT molecular complexity index is 599. The Balaban J connectivity index is 2.06. The Kier molecular flexibility index (Phi) is 4.74. The maximum absolute atomic E-state index is 11.0. The smallest absolute Gasteiger partial charge is 0.292 e. The third-order valence-electron chi connectivity index (χ3n) is 2.96. The van der Waals surface area contributed by atoms with Crippen LogP contribution in [0.15, 0.2) is 53.0 Å². The van der Waals surface area contributed by atoms with E-state index in [4.69, 9.17) is 0 Å². The lowest BCUT2D eigenvalue weighted by Gasteiger charge is -2.15. The molecule has 20 heavy (non-hydrogen) atoms. The first-order valence-electron chi connectivity index (χ1n) is 6.30. The van der Waals surface area contributed by atoms with Crippen LogP contribution in [0.5, 0.6) is 0 Å². The van der Waals surface area contributed by atoms with Crippen LogP contribution < -0.4 is 5.32 Å². The second-order valence-corrected chi connectivity index (χ2v) is 5.57. The number of hydrogen-bond acceptors (Lipinski definition) is 3. The van der Waals surface area contributed by atoms with Crippen molar-refractivity contribution < 1.29 is 4.92 Å². The zero-order valence-electron chi connectivity index (χ0n) is 11.0. The van der Waals surface area contributed by atoms with Gasteiger partial charge in [0.2, 0.25) is 0 Å². The van der Waals surface area contributed by atoms with Crippen molar-refractivity contribution in [2.24, 2.45) is 0 Å². The van der Waals surface area contributed by atoms with Gasteiger partial charge in [-0.15, -0.1) is 0 Å². The zero-order chi connectivity index (χ0) is 14.5. The van der Waals surface area contributed by atoms with Gasteiger partial charge in [0, 0.05) is 16.6 Å². The topological polar surface area (TPSA) is 55.2 Å². The van der Waals surface area contributed by atoms with Gasteiger partial charge in [-0.2, -0.15) is 0 Å². The summed E-state index contributed by atoms with van der Waals surface area (Å²) in [6.07, 6.45) is 0.805. The van der Waals surface area contributed by atoms with E-state index in [0.29, 0.717) is 5.69 Å². The van der Waals surface area contributed by atoms with Crippen LogP contribution in [-0.4, -0.2) is 11.0 Å². The molecule has 0 aliphatic rings. The van der Waals surface area contributed by atoms with E-state index in [0.717, 1.165) is 10.9 Å². The van der Waals surface area contributed by atoms with Crippen molar-refractivity contribution >= 4 is 27.3 Å². The number of nitro groups is 1. The van der Waals surface area contributed by atoms with E-state index in [-0.39, 0.29) is 16.7 Å². The van der Waals surface area contributed by atoms with Gasteiger partial charge in [0.05, 0.1) is 4.92 Å². The number of benzene rings is 2. The minimum absolute atomic E-state index is 0.107. The zero-order valence-corrected chi connectivity index (χ0v) is 12.6. The maximum atomic E-state index is 11.0. The summed E-state index contributed by atoms with van der Waals surface area (Å²) in [7, 11) is 0. The number of para-hydroxylation sites is 2. The van der Waals surface area contributed by atoms with Gasteiger partial charge in [-0.1, -0.05) is 40.2 Å². The highest BCUT2D eigenvalue weighted by molar-refractivity contribution is 9.10. The Morgan fingerprint density at radius 2 is 1.85 bits per heavy atom. The molecule has 0 aliphatic carbocycles. The quantitative estimate of drug-likeness (QED) is 0.651. The molecule has 2 aromatic carbocycles. The number of rotatable bonds is 5. The molecule has 4 nitrogen and oxygen atoms in total. The van der Waals surface area contributed by atoms with Crippen LogP contribution in [0.25, 0.3) is 0 Å². The van der Waals surface area contributed by atoms with Crippen LogP contribution in [0.2, 0.25) is 0 Å².